The summed E-state index contributed by atoms with van der Waals surface area (Å²) < 4.78 is 13.4. The molecule has 2 aromatic carbocycles. The average Bonchev–Trinajstić information content (AvgIpc) is 2.38. The number of halogens is 1. The monoisotopic (exact) mass is 271 g/mol. The van der Waals surface area contributed by atoms with Crippen LogP contribution >= 0.6 is 0 Å². The molecule has 0 saturated carbocycles. The van der Waals surface area contributed by atoms with Gasteiger partial charge in [-0.25, -0.2) is 4.39 Å². The first kappa shape index (κ1) is 14.7. The van der Waals surface area contributed by atoms with Gasteiger partial charge in [0.25, 0.3) is 0 Å². The molecule has 0 spiro atoms. The number of hydrogen-bond donors (Lipinski definition) is 1. The molecule has 0 saturated heterocycles. The molecule has 0 bridgehead atoms. The number of nitrogens with two attached hydrogens (primary N) is 1. The van der Waals surface area contributed by atoms with Crippen LogP contribution in [-0.4, -0.2) is 0 Å². The van der Waals surface area contributed by atoms with Crippen molar-refractivity contribution in [1.29, 1.82) is 0 Å². The molecule has 0 heterocycles. The average molecular weight is 271 g/mol. The van der Waals surface area contributed by atoms with E-state index in [4.69, 9.17) is 5.73 Å². The second kappa shape index (κ2) is 6.19. The highest BCUT2D eigenvalue weighted by Crippen LogP contribution is 2.20. The number of rotatable bonds is 4. The van der Waals surface area contributed by atoms with E-state index in [0.29, 0.717) is 5.92 Å². The van der Waals surface area contributed by atoms with E-state index in [1.807, 2.05) is 13.0 Å². The highest BCUT2D eigenvalue weighted by atomic mass is 19.1. The minimum absolute atomic E-state index is 0.172. The summed E-state index contributed by atoms with van der Waals surface area (Å²) in [5, 5.41) is 0. The molecular weight excluding hydrogens is 249 g/mol. The first-order valence-electron chi connectivity index (χ1n) is 7.07. The van der Waals surface area contributed by atoms with Gasteiger partial charge in [-0.1, -0.05) is 44.2 Å². The summed E-state index contributed by atoms with van der Waals surface area (Å²) in [7, 11) is 0. The van der Waals surface area contributed by atoms with E-state index < -0.39 is 0 Å². The molecule has 20 heavy (non-hydrogen) atoms. The molecule has 2 heteroatoms. The van der Waals surface area contributed by atoms with Crippen LogP contribution in [0.3, 0.4) is 0 Å². The lowest BCUT2D eigenvalue weighted by atomic mass is 9.96. The van der Waals surface area contributed by atoms with Gasteiger partial charge in [-0.3, -0.25) is 0 Å². The normalized spacial score (nSPS) is 12.7. The maximum atomic E-state index is 13.4. The topological polar surface area (TPSA) is 26.0 Å². The van der Waals surface area contributed by atoms with Crippen molar-refractivity contribution in [3.05, 3.63) is 70.5 Å². The van der Waals surface area contributed by atoms with Crippen LogP contribution in [0, 0.1) is 12.7 Å². The summed E-state index contributed by atoms with van der Waals surface area (Å²) in [4.78, 5) is 0. The largest absolute Gasteiger partial charge is 0.324 e. The van der Waals surface area contributed by atoms with Crippen LogP contribution < -0.4 is 5.73 Å². The van der Waals surface area contributed by atoms with E-state index in [-0.39, 0.29) is 11.9 Å². The van der Waals surface area contributed by atoms with Crippen molar-refractivity contribution in [2.75, 3.05) is 0 Å². The summed E-state index contributed by atoms with van der Waals surface area (Å²) in [5.41, 5.74) is 10.5. The van der Waals surface area contributed by atoms with Crippen molar-refractivity contribution in [3.63, 3.8) is 0 Å². The third-order valence-corrected chi connectivity index (χ3v) is 3.59. The standard InChI is InChI=1S/C18H22FN/c1-12(2)15-6-4-14(5-7-15)10-18(20)16-8-13(3)9-17(19)11-16/h4-9,11-12,18H,10,20H2,1-3H3. The van der Waals surface area contributed by atoms with Crippen LogP contribution in [0.1, 0.15) is 48.1 Å². The molecule has 2 aromatic rings. The zero-order valence-corrected chi connectivity index (χ0v) is 12.4. The fourth-order valence-corrected chi connectivity index (χ4v) is 2.39. The maximum absolute atomic E-state index is 13.4. The van der Waals surface area contributed by atoms with Gasteiger partial charge >= 0.3 is 0 Å². The smallest absolute Gasteiger partial charge is 0.123 e. The predicted molar refractivity (Wildman–Crippen MR) is 82.3 cm³/mol. The lowest BCUT2D eigenvalue weighted by molar-refractivity contribution is 0.617. The zero-order chi connectivity index (χ0) is 14.7. The molecule has 0 aliphatic rings. The van der Waals surface area contributed by atoms with E-state index in [2.05, 4.69) is 38.1 Å². The molecule has 2 N–H and O–H groups in total. The quantitative estimate of drug-likeness (QED) is 0.870. The van der Waals surface area contributed by atoms with Crippen molar-refractivity contribution in [1.82, 2.24) is 0 Å². The molecular formula is C18H22FN. The minimum atomic E-state index is -0.217. The summed E-state index contributed by atoms with van der Waals surface area (Å²) in [6.45, 7) is 6.24. The van der Waals surface area contributed by atoms with Crippen LogP contribution in [0.4, 0.5) is 4.39 Å². The third-order valence-electron chi connectivity index (χ3n) is 3.59. The van der Waals surface area contributed by atoms with Crippen LogP contribution in [0.2, 0.25) is 0 Å². The van der Waals surface area contributed by atoms with E-state index in [1.165, 1.54) is 23.3 Å². The maximum Gasteiger partial charge on any atom is 0.123 e. The van der Waals surface area contributed by atoms with Crippen molar-refractivity contribution in [2.24, 2.45) is 5.73 Å². The highest BCUT2D eigenvalue weighted by Gasteiger charge is 2.09. The van der Waals surface area contributed by atoms with Gasteiger partial charge in [0.05, 0.1) is 0 Å². The molecule has 0 aliphatic heterocycles. The minimum Gasteiger partial charge on any atom is -0.324 e. The van der Waals surface area contributed by atoms with E-state index in [9.17, 15) is 4.39 Å². The fraction of sp³-hybridized carbons (Fsp3) is 0.333. The number of benzene rings is 2. The molecule has 1 nitrogen and oxygen atoms in total. The Hall–Kier alpha value is -1.67. The van der Waals surface area contributed by atoms with Crippen molar-refractivity contribution in [3.8, 4) is 0 Å². The molecule has 1 unspecified atom stereocenters. The fourth-order valence-electron chi connectivity index (χ4n) is 2.39. The highest BCUT2D eigenvalue weighted by molar-refractivity contribution is 5.30. The Kier molecular flexibility index (Phi) is 4.56. The Morgan fingerprint density at radius 2 is 1.65 bits per heavy atom. The van der Waals surface area contributed by atoms with Gasteiger partial charge in [0.1, 0.15) is 5.82 Å². The zero-order valence-electron chi connectivity index (χ0n) is 12.4. The lowest BCUT2D eigenvalue weighted by Gasteiger charge is -2.14. The van der Waals surface area contributed by atoms with Gasteiger partial charge in [-0.2, -0.15) is 0 Å². The first-order chi connectivity index (χ1) is 9.45. The van der Waals surface area contributed by atoms with Gasteiger partial charge in [-0.15, -0.1) is 0 Å². The van der Waals surface area contributed by atoms with E-state index in [1.54, 1.807) is 0 Å². The Bertz CT molecular complexity index is 552. The molecule has 2 rings (SSSR count). The predicted octanol–water partition coefficient (Wildman–Crippen LogP) is 4.50. The van der Waals surface area contributed by atoms with Gasteiger partial charge < -0.3 is 5.73 Å². The summed E-state index contributed by atoms with van der Waals surface area (Å²) in [5.74, 6) is 0.314. The van der Waals surface area contributed by atoms with Gasteiger partial charge in [0.2, 0.25) is 0 Å². The van der Waals surface area contributed by atoms with Crippen LogP contribution in [0.25, 0.3) is 0 Å². The van der Waals surface area contributed by atoms with Crippen molar-refractivity contribution in [2.45, 2.75) is 39.2 Å². The number of aryl methyl sites for hydroxylation is 1. The lowest BCUT2D eigenvalue weighted by Crippen LogP contribution is -2.14. The van der Waals surface area contributed by atoms with Crippen molar-refractivity contribution < 1.29 is 4.39 Å². The SMILES string of the molecule is Cc1cc(F)cc(C(N)Cc2ccc(C(C)C)cc2)c1. The van der Waals surface area contributed by atoms with Crippen molar-refractivity contribution >= 4 is 0 Å². The molecule has 0 radical (unpaired) electrons. The molecule has 0 aromatic heterocycles. The Morgan fingerprint density at radius 1 is 1.00 bits per heavy atom. The summed E-state index contributed by atoms with van der Waals surface area (Å²) >= 11 is 0. The second-order valence-electron chi connectivity index (χ2n) is 5.77. The van der Waals surface area contributed by atoms with Crippen LogP contribution in [0.5, 0.6) is 0 Å². The summed E-state index contributed by atoms with van der Waals surface area (Å²) in [6.07, 6.45) is 0.723. The Morgan fingerprint density at radius 3 is 2.20 bits per heavy atom. The third kappa shape index (κ3) is 3.67. The van der Waals surface area contributed by atoms with Crippen LogP contribution in [0.15, 0.2) is 42.5 Å². The van der Waals surface area contributed by atoms with Crippen LogP contribution in [-0.2, 0) is 6.42 Å². The molecule has 0 amide bonds. The van der Waals surface area contributed by atoms with E-state index in [0.717, 1.165) is 17.5 Å². The Balaban J connectivity index is 2.12. The molecule has 106 valence electrons. The van der Waals surface area contributed by atoms with E-state index >= 15 is 0 Å². The first-order valence-corrected chi connectivity index (χ1v) is 7.07. The van der Waals surface area contributed by atoms with Gasteiger partial charge in [0, 0.05) is 6.04 Å². The molecule has 0 aliphatic carbocycles. The summed E-state index contributed by atoms with van der Waals surface area (Å²) in [6, 6.07) is 13.3. The molecule has 0 fully saturated rings. The Labute approximate surface area is 120 Å². The number of hydrogen-bond acceptors (Lipinski definition) is 1. The second-order valence-corrected chi connectivity index (χ2v) is 5.77. The van der Waals surface area contributed by atoms with Gasteiger partial charge in [0.15, 0.2) is 0 Å². The van der Waals surface area contributed by atoms with Gasteiger partial charge in [-0.05, 0) is 53.6 Å². The molecule has 1 atom stereocenters.